The number of anilines is 2. The summed E-state index contributed by atoms with van der Waals surface area (Å²) >= 11 is 12.5. The number of fused-ring (bicyclic) bond motifs is 4. The van der Waals surface area contributed by atoms with E-state index in [4.69, 9.17) is 38.3 Å². The number of para-hydroxylation sites is 3. The van der Waals surface area contributed by atoms with Crippen molar-refractivity contribution in [3.05, 3.63) is 130 Å². The molecule has 0 aliphatic carbocycles. The van der Waals surface area contributed by atoms with Crippen molar-refractivity contribution < 1.29 is 0 Å². The summed E-state index contributed by atoms with van der Waals surface area (Å²) in [7, 11) is 0. The molecular weight excluding hydrogens is 527 g/mol. The lowest BCUT2D eigenvalue weighted by Gasteiger charge is -2.40. The number of hydrogen-bond donors (Lipinski definition) is 1. The minimum Gasteiger partial charge on any atom is -0.337 e. The Morgan fingerprint density at radius 3 is 2.15 bits per heavy atom. The number of rotatable bonds is 3. The molecule has 0 radical (unpaired) electrons. The number of aromatic nitrogens is 2. The zero-order valence-corrected chi connectivity index (χ0v) is 22.4. The molecule has 2 aliphatic rings. The van der Waals surface area contributed by atoms with Crippen LogP contribution in [0.1, 0.15) is 22.9 Å². The van der Waals surface area contributed by atoms with Gasteiger partial charge in [0, 0.05) is 21.3 Å². The van der Waals surface area contributed by atoms with Gasteiger partial charge >= 0.3 is 0 Å². The second-order valence-corrected chi connectivity index (χ2v) is 10.3. The van der Waals surface area contributed by atoms with Crippen molar-refractivity contribution in [1.29, 1.82) is 0 Å². The molecule has 1 aromatic heterocycles. The first kappa shape index (κ1) is 23.7. The molecule has 0 fully saturated rings. The summed E-state index contributed by atoms with van der Waals surface area (Å²) < 4.78 is 1.92. The summed E-state index contributed by atoms with van der Waals surface area (Å²) in [6.07, 6.45) is 0. The fourth-order valence-corrected chi connectivity index (χ4v) is 5.43. The molecule has 6 nitrogen and oxygen atoms in total. The molecule has 7 rings (SSSR count). The van der Waals surface area contributed by atoms with E-state index < -0.39 is 0 Å². The monoisotopic (exact) mass is 548 g/mol. The van der Waals surface area contributed by atoms with E-state index >= 15 is 0 Å². The summed E-state index contributed by atoms with van der Waals surface area (Å²) in [6.45, 7) is 2.04. The number of benzene rings is 4. The fraction of sp³-hybridized carbons (Fsp3) is 0.0645. The third-order valence-corrected chi connectivity index (χ3v) is 7.44. The molecule has 0 saturated heterocycles. The second kappa shape index (κ2) is 9.42. The van der Waals surface area contributed by atoms with E-state index in [0.29, 0.717) is 21.7 Å². The van der Waals surface area contributed by atoms with Crippen LogP contribution < -0.4 is 10.2 Å². The van der Waals surface area contributed by atoms with Crippen LogP contribution in [0.2, 0.25) is 10.0 Å². The van der Waals surface area contributed by atoms with Crippen LogP contribution >= 0.6 is 23.2 Å². The molecule has 0 saturated carbocycles. The maximum Gasteiger partial charge on any atom is 0.179 e. The highest BCUT2D eigenvalue weighted by Crippen LogP contribution is 2.48. The maximum atomic E-state index is 6.32. The third kappa shape index (κ3) is 4.09. The largest absolute Gasteiger partial charge is 0.337 e. The number of hydrogen-bond acceptors (Lipinski definition) is 5. The number of amidine groups is 2. The van der Waals surface area contributed by atoms with Gasteiger partial charge in [0.05, 0.1) is 28.8 Å². The van der Waals surface area contributed by atoms with Gasteiger partial charge in [-0.1, -0.05) is 65.7 Å². The predicted molar refractivity (Wildman–Crippen MR) is 160 cm³/mol. The minimum absolute atomic E-state index is 0.208. The van der Waals surface area contributed by atoms with Crippen LogP contribution in [0.3, 0.4) is 0 Å². The molecule has 3 heterocycles. The number of halogens is 2. The van der Waals surface area contributed by atoms with Gasteiger partial charge in [-0.25, -0.2) is 14.7 Å². The molecule has 1 atom stereocenters. The minimum atomic E-state index is -0.208. The molecule has 0 spiro atoms. The van der Waals surface area contributed by atoms with Gasteiger partial charge in [-0.2, -0.15) is 5.10 Å². The average Bonchev–Trinajstić information content (AvgIpc) is 3.30. The number of aryl methyl sites for hydroxylation is 1. The van der Waals surface area contributed by atoms with Crippen LogP contribution in [0.25, 0.3) is 5.69 Å². The van der Waals surface area contributed by atoms with E-state index in [-0.39, 0.29) is 6.04 Å². The third-order valence-electron chi connectivity index (χ3n) is 6.93. The van der Waals surface area contributed by atoms with Crippen molar-refractivity contribution in [3.8, 4) is 5.69 Å². The lowest BCUT2D eigenvalue weighted by atomic mass is 9.93. The zero-order chi connectivity index (χ0) is 26.5. The van der Waals surface area contributed by atoms with Crippen molar-refractivity contribution in [1.82, 2.24) is 9.78 Å². The quantitative estimate of drug-likeness (QED) is 0.246. The number of nitrogens with zero attached hydrogens (tertiary/aromatic N) is 5. The highest BCUT2D eigenvalue weighted by atomic mass is 35.5. The zero-order valence-electron chi connectivity index (χ0n) is 20.9. The highest BCUT2D eigenvalue weighted by Gasteiger charge is 2.41. The smallest absolute Gasteiger partial charge is 0.179 e. The molecule has 2 aliphatic heterocycles. The van der Waals surface area contributed by atoms with Crippen molar-refractivity contribution in [2.24, 2.45) is 9.98 Å². The molecule has 4 aromatic carbocycles. The Labute approximate surface area is 235 Å². The van der Waals surface area contributed by atoms with Crippen LogP contribution in [0.4, 0.5) is 22.9 Å². The van der Waals surface area contributed by atoms with Crippen molar-refractivity contribution in [3.63, 3.8) is 0 Å². The van der Waals surface area contributed by atoms with Gasteiger partial charge in [0.1, 0.15) is 0 Å². The van der Waals surface area contributed by atoms with Crippen LogP contribution in [-0.2, 0) is 0 Å². The van der Waals surface area contributed by atoms with Crippen LogP contribution in [0.5, 0.6) is 0 Å². The molecule has 5 aromatic rings. The molecule has 0 bridgehead atoms. The average molecular weight is 549 g/mol. The van der Waals surface area contributed by atoms with Gasteiger partial charge in [-0.3, -0.25) is 0 Å². The number of aliphatic imine (C=N–C) groups is 2. The molecule has 8 heteroatoms. The molecular formula is C31H22Cl2N6. The first-order chi connectivity index (χ1) is 19.1. The Balaban J connectivity index is 1.49. The van der Waals surface area contributed by atoms with E-state index in [1.807, 2.05) is 96.5 Å². The lowest BCUT2D eigenvalue weighted by molar-refractivity contribution is 0.815. The topological polar surface area (TPSA) is 57.8 Å². The fourth-order valence-electron chi connectivity index (χ4n) is 5.18. The highest BCUT2D eigenvalue weighted by molar-refractivity contribution is 6.51. The van der Waals surface area contributed by atoms with E-state index in [0.717, 1.165) is 45.4 Å². The van der Waals surface area contributed by atoms with E-state index in [1.54, 1.807) is 0 Å². The second-order valence-electron chi connectivity index (χ2n) is 9.41. The van der Waals surface area contributed by atoms with Crippen molar-refractivity contribution in [2.75, 3.05) is 10.2 Å². The van der Waals surface area contributed by atoms with Gasteiger partial charge in [-0.15, -0.1) is 0 Å². The van der Waals surface area contributed by atoms with Crippen LogP contribution in [0.15, 0.2) is 113 Å². The first-order valence-corrected chi connectivity index (χ1v) is 13.3. The molecule has 1 N–H and O–H groups in total. The Bertz CT molecular complexity index is 1760. The Kier molecular flexibility index (Phi) is 5.72. The van der Waals surface area contributed by atoms with Crippen LogP contribution in [-0.4, -0.2) is 21.5 Å². The van der Waals surface area contributed by atoms with Gasteiger partial charge in [-0.05, 0) is 73.2 Å². The first-order valence-electron chi connectivity index (χ1n) is 12.6. The van der Waals surface area contributed by atoms with Crippen molar-refractivity contribution in [2.45, 2.75) is 13.0 Å². The Hall–Kier alpha value is -4.39. The van der Waals surface area contributed by atoms with E-state index in [1.165, 1.54) is 0 Å². The van der Waals surface area contributed by atoms with E-state index in [2.05, 4.69) is 28.4 Å². The van der Waals surface area contributed by atoms with E-state index in [9.17, 15) is 0 Å². The lowest BCUT2D eigenvalue weighted by Crippen LogP contribution is -2.46. The predicted octanol–water partition coefficient (Wildman–Crippen LogP) is 8.28. The van der Waals surface area contributed by atoms with Gasteiger partial charge < -0.3 is 10.2 Å². The van der Waals surface area contributed by atoms with Gasteiger partial charge in [0.25, 0.3) is 0 Å². The van der Waals surface area contributed by atoms with Gasteiger partial charge in [0.15, 0.2) is 17.5 Å². The summed E-state index contributed by atoms with van der Waals surface area (Å²) in [5.74, 6) is 2.11. The van der Waals surface area contributed by atoms with Gasteiger partial charge in [0.2, 0.25) is 0 Å². The molecule has 0 amide bonds. The Morgan fingerprint density at radius 1 is 0.744 bits per heavy atom. The number of nitrogens with one attached hydrogen (secondary N) is 1. The summed E-state index contributed by atoms with van der Waals surface area (Å²) in [6, 6.07) is 33.5. The van der Waals surface area contributed by atoms with Crippen LogP contribution in [0, 0.1) is 6.92 Å². The Morgan fingerprint density at radius 2 is 1.41 bits per heavy atom. The maximum absolute atomic E-state index is 6.32. The molecule has 190 valence electrons. The SMILES string of the molecule is Cc1nn(-c2ccccc2)c2c1[C@H](c1ccc(Cl)cc1)N1C(=N2)C(Nc2ccc(Cl)cc2)=Nc2ccccc21. The summed E-state index contributed by atoms with van der Waals surface area (Å²) in [5, 5.41) is 9.82. The summed E-state index contributed by atoms with van der Waals surface area (Å²) in [5.41, 5.74) is 6.64. The molecule has 0 unspecified atom stereocenters. The molecule has 39 heavy (non-hydrogen) atoms. The summed E-state index contributed by atoms with van der Waals surface area (Å²) in [4.78, 5) is 12.5. The van der Waals surface area contributed by atoms with Crippen molar-refractivity contribution >= 4 is 57.8 Å². The standard InChI is InChI=1S/C31H22Cl2N6/c1-19-27-28(20-11-13-21(32)14-12-20)38-26-10-6-5-9-25(26)35-29(34-23-17-15-22(33)16-18-23)31(38)36-30(27)39(37-19)24-7-3-2-4-8-24/h2-18,28H,1H3,(H,34,35)/t28-/m0/s1. The normalized spacial score (nSPS) is 15.6.